The number of rotatable bonds is 14. The van der Waals surface area contributed by atoms with Gasteiger partial charge in [0.25, 0.3) is 0 Å². The topological polar surface area (TPSA) is 37.3 Å². The molecule has 21 heavy (non-hydrogen) atoms. The Bertz CT molecular complexity index is 267. The fraction of sp³-hybridized carbons (Fsp3) is 0.684. The van der Waals surface area contributed by atoms with Gasteiger partial charge in [-0.1, -0.05) is 63.3 Å². The van der Waals surface area contributed by atoms with Gasteiger partial charge in [0.15, 0.2) is 0 Å². The highest BCUT2D eigenvalue weighted by Crippen LogP contribution is 2.08. The lowest BCUT2D eigenvalue weighted by Crippen LogP contribution is -1.93. The summed E-state index contributed by atoms with van der Waals surface area (Å²) in [6, 6.07) is 0. The van der Waals surface area contributed by atoms with E-state index >= 15 is 0 Å². The maximum atomic E-state index is 10.3. The molecule has 1 N–H and O–H groups in total. The van der Waals surface area contributed by atoms with E-state index in [0.29, 0.717) is 6.42 Å². The van der Waals surface area contributed by atoms with Gasteiger partial charge in [-0.05, 0) is 38.5 Å². The largest absolute Gasteiger partial charge is 0.481 e. The molecular weight excluding hydrogens is 260 g/mol. The molecule has 0 saturated carbocycles. The van der Waals surface area contributed by atoms with Crippen LogP contribution in [0.1, 0.15) is 84.0 Å². The molecule has 0 aromatic rings. The molecule has 4 radical (unpaired) electrons. The molecule has 0 bridgehead atoms. The van der Waals surface area contributed by atoms with Crippen molar-refractivity contribution in [3.63, 3.8) is 0 Å². The van der Waals surface area contributed by atoms with Crippen molar-refractivity contribution in [3.05, 3.63) is 31.7 Å². The molecule has 0 amide bonds. The second-order valence-electron chi connectivity index (χ2n) is 5.37. The molecular formula is C19H32O2. The number of carboxylic acid groups (broad SMARTS) is 1. The predicted octanol–water partition coefficient (Wildman–Crippen LogP) is 5.97. The van der Waals surface area contributed by atoms with Crippen molar-refractivity contribution in [2.45, 2.75) is 84.0 Å². The quantitative estimate of drug-likeness (QED) is 0.316. The van der Waals surface area contributed by atoms with Gasteiger partial charge in [0.05, 0.1) is 0 Å². The SMILES string of the molecule is CCCCC/C=C\C/C=C\CCCCCCCC(=O)O.[C]. The minimum Gasteiger partial charge on any atom is -0.481 e. The monoisotopic (exact) mass is 292 g/mol. The van der Waals surface area contributed by atoms with Crippen LogP contribution >= 0.6 is 0 Å². The molecule has 0 aliphatic heterocycles. The molecule has 120 valence electrons. The number of allylic oxidation sites excluding steroid dienone is 4. The summed E-state index contributed by atoms with van der Waals surface area (Å²) in [4.78, 5) is 10.3. The molecule has 0 aliphatic carbocycles. The zero-order valence-corrected chi connectivity index (χ0v) is 13.7. The minimum atomic E-state index is -0.671. The van der Waals surface area contributed by atoms with Crippen molar-refractivity contribution in [1.29, 1.82) is 0 Å². The number of hydrogen-bond acceptors (Lipinski definition) is 1. The fourth-order valence-electron chi connectivity index (χ4n) is 2.09. The molecule has 0 rings (SSSR count). The standard InChI is InChI=1S/C18H32O2.C/c1-2-3-4-5-6-7-8-9-10-11-12-13-14-15-16-17-18(19)20;/h6-7,9-10H,2-5,8,11-17H2,1H3,(H,19,20);/b7-6-,10-9-;. The van der Waals surface area contributed by atoms with Crippen LogP contribution in [0.3, 0.4) is 0 Å². The van der Waals surface area contributed by atoms with Gasteiger partial charge < -0.3 is 5.11 Å². The molecule has 0 aliphatic rings. The fourth-order valence-corrected chi connectivity index (χ4v) is 2.09. The van der Waals surface area contributed by atoms with E-state index in [-0.39, 0.29) is 7.43 Å². The van der Waals surface area contributed by atoms with E-state index < -0.39 is 5.97 Å². The third-order valence-corrected chi connectivity index (χ3v) is 3.34. The smallest absolute Gasteiger partial charge is 0.303 e. The second-order valence-corrected chi connectivity index (χ2v) is 5.37. The van der Waals surface area contributed by atoms with Crippen LogP contribution in [0.15, 0.2) is 24.3 Å². The lowest BCUT2D eigenvalue weighted by molar-refractivity contribution is -0.137. The Kier molecular flexibility index (Phi) is 20.1. The predicted molar refractivity (Wildman–Crippen MR) is 90.2 cm³/mol. The summed E-state index contributed by atoms with van der Waals surface area (Å²) in [6.07, 6.45) is 22.3. The molecule has 2 heteroatoms. The van der Waals surface area contributed by atoms with Gasteiger partial charge >= 0.3 is 5.97 Å². The number of carbonyl (C=O) groups is 1. The van der Waals surface area contributed by atoms with Gasteiger partial charge in [-0.25, -0.2) is 0 Å². The molecule has 0 spiro atoms. The second kappa shape index (κ2) is 18.9. The minimum absolute atomic E-state index is 0. The van der Waals surface area contributed by atoms with Crippen LogP contribution < -0.4 is 0 Å². The zero-order chi connectivity index (χ0) is 14.9. The van der Waals surface area contributed by atoms with Gasteiger partial charge in [0.2, 0.25) is 0 Å². The zero-order valence-electron chi connectivity index (χ0n) is 13.7. The van der Waals surface area contributed by atoms with Gasteiger partial charge in [0.1, 0.15) is 0 Å². The van der Waals surface area contributed by atoms with Crippen molar-refractivity contribution in [3.8, 4) is 0 Å². The maximum Gasteiger partial charge on any atom is 0.303 e. The molecule has 0 atom stereocenters. The van der Waals surface area contributed by atoms with Crippen LogP contribution in [0.2, 0.25) is 0 Å². The Hall–Kier alpha value is -1.05. The molecule has 0 unspecified atom stereocenters. The van der Waals surface area contributed by atoms with E-state index in [1.54, 1.807) is 0 Å². The average molecular weight is 292 g/mol. The van der Waals surface area contributed by atoms with Crippen molar-refractivity contribution >= 4 is 5.97 Å². The third-order valence-electron chi connectivity index (χ3n) is 3.34. The van der Waals surface area contributed by atoms with Crippen LogP contribution in [0, 0.1) is 7.43 Å². The van der Waals surface area contributed by atoms with Crippen molar-refractivity contribution in [1.82, 2.24) is 0 Å². The number of carboxylic acids is 1. The molecule has 2 nitrogen and oxygen atoms in total. The molecule has 0 aromatic carbocycles. The van der Waals surface area contributed by atoms with E-state index in [1.807, 2.05) is 0 Å². The lowest BCUT2D eigenvalue weighted by Gasteiger charge is -1.98. The van der Waals surface area contributed by atoms with Gasteiger partial charge in [0, 0.05) is 13.8 Å². The van der Waals surface area contributed by atoms with Crippen molar-refractivity contribution < 1.29 is 9.90 Å². The van der Waals surface area contributed by atoms with Crippen LogP contribution in [0.5, 0.6) is 0 Å². The summed E-state index contributed by atoms with van der Waals surface area (Å²) in [5.74, 6) is -0.671. The Labute approximate surface area is 132 Å². The van der Waals surface area contributed by atoms with E-state index in [4.69, 9.17) is 5.11 Å². The Balaban J connectivity index is 0. The van der Waals surface area contributed by atoms with Crippen LogP contribution in [-0.2, 0) is 4.79 Å². The third kappa shape index (κ3) is 21.4. The van der Waals surface area contributed by atoms with Gasteiger partial charge in [-0.2, -0.15) is 0 Å². The Morgan fingerprint density at radius 3 is 1.90 bits per heavy atom. The van der Waals surface area contributed by atoms with Gasteiger partial charge in [-0.15, -0.1) is 0 Å². The van der Waals surface area contributed by atoms with E-state index in [2.05, 4.69) is 31.2 Å². The highest BCUT2D eigenvalue weighted by atomic mass is 16.4. The first-order chi connectivity index (χ1) is 9.77. The summed E-state index contributed by atoms with van der Waals surface area (Å²) >= 11 is 0. The molecule has 0 aromatic heterocycles. The number of unbranched alkanes of at least 4 members (excludes halogenated alkanes) is 8. The van der Waals surface area contributed by atoms with E-state index in [1.165, 1.54) is 44.9 Å². The summed E-state index contributed by atoms with van der Waals surface area (Å²) in [6.45, 7) is 2.23. The highest BCUT2D eigenvalue weighted by Gasteiger charge is 1.95. The maximum absolute atomic E-state index is 10.3. The molecule has 0 fully saturated rings. The van der Waals surface area contributed by atoms with Crippen molar-refractivity contribution in [2.24, 2.45) is 0 Å². The first kappa shape index (κ1) is 22.2. The van der Waals surface area contributed by atoms with Crippen LogP contribution in [0.25, 0.3) is 0 Å². The molecule has 0 saturated heterocycles. The average Bonchev–Trinajstić information content (AvgIpc) is 2.43. The lowest BCUT2D eigenvalue weighted by atomic mass is 10.1. The first-order valence-electron chi connectivity index (χ1n) is 8.29. The number of aliphatic carboxylic acids is 1. The van der Waals surface area contributed by atoms with Crippen molar-refractivity contribution in [2.75, 3.05) is 0 Å². The normalized spacial score (nSPS) is 11.1. The van der Waals surface area contributed by atoms with Crippen LogP contribution in [-0.4, -0.2) is 11.1 Å². The van der Waals surface area contributed by atoms with E-state index in [9.17, 15) is 4.79 Å². The summed E-state index contributed by atoms with van der Waals surface area (Å²) in [7, 11) is 0. The number of hydrogen-bond donors (Lipinski definition) is 1. The first-order valence-corrected chi connectivity index (χ1v) is 8.29. The molecule has 0 heterocycles. The Morgan fingerprint density at radius 1 is 0.810 bits per heavy atom. The van der Waals surface area contributed by atoms with Crippen LogP contribution in [0.4, 0.5) is 0 Å². The summed E-state index contributed by atoms with van der Waals surface area (Å²) in [5, 5.41) is 8.50. The highest BCUT2D eigenvalue weighted by molar-refractivity contribution is 5.66. The summed E-state index contributed by atoms with van der Waals surface area (Å²) in [5.41, 5.74) is 0. The van der Waals surface area contributed by atoms with E-state index in [0.717, 1.165) is 25.7 Å². The summed E-state index contributed by atoms with van der Waals surface area (Å²) < 4.78 is 0. The Morgan fingerprint density at radius 2 is 1.33 bits per heavy atom. The van der Waals surface area contributed by atoms with Gasteiger partial charge in [-0.3, -0.25) is 4.79 Å².